The summed E-state index contributed by atoms with van der Waals surface area (Å²) in [5.41, 5.74) is 1.13. The Balaban J connectivity index is 1.81. The van der Waals surface area contributed by atoms with Crippen LogP contribution in [0, 0.1) is 17.2 Å². The van der Waals surface area contributed by atoms with Gasteiger partial charge in [0.2, 0.25) is 5.91 Å². The number of hydrogen-bond acceptors (Lipinski definition) is 4. The third kappa shape index (κ3) is 5.22. The molecule has 2 aromatic carbocycles. The fraction of sp³-hybridized carbons (Fsp3) is 0.375. The Kier molecular flexibility index (Phi) is 7.41. The number of rotatable bonds is 6. The van der Waals surface area contributed by atoms with Crippen molar-refractivity contribution < 1.29 is 23.1 Å². The number of hydrogen-bond donors (Lipinski definition) is 0. The van der Waals surface area contributed by atoms with Crippen LogP contribution < -0.4 is 9.64 Å². The molecular formula is C24H25F2N3O3. The Labute approximate surface area is 186 Å². The molecular weight excluding hydrogens is 416 g/mol. The molecule has 0 saturated carbocycles. The second-order valence-corrected chi connectivity index (χ2v) is 7.93. The number of carbonyl (C=O) groups excluding carboxylic acids is 2. The lowest BCUT2D eigenvalue weighted by molar-refractivity contribution is -0.124. The minimum absolute atomic E-state index is 0.0448. The average Bonchev–Trinajstić information content (AvgIpc) is 2.78. The van der Waals surface area contributed by atoms with Gasteiger partial charge in [0, 0.05) is 24.8 Å². The van der Waals surface area contributed by atoms with Crippen molar-refractivity contribution in [2.45, 2.75) is 39.3 Å². The average molecular weight is 441 g/mol. The van der Waals surface area contributed by atoms with E-state index in [2.05, 4.69) is 10.8 Å². The normalized spacial score (nSPS) is 16.0. The highest BCUT2D eigenvalue weighted by Crippen LogP contribution is 2.28. The Bertz CT molecular complexity index is 1020. The number of ether oxygens (including phenoxy) is 1. The monoisotopic (exact) mass is 441 g/mol. The summed E-state index contributed by atoms with van der Waals surface area (Å²) in [6.07, 6.45) is 1.23. The molecule has 0 aromatic heterocycles. The van der Waals surface area contributed by atoms with Gasteiger partial charge < -0.3 is 14.5 Å². The first-order valence-corrected chi connectivity index (χ1v) is 10.5. The van der Waals surface area contributed by atoms with Gasteiger partial charge in [-0.05, 0) is 57.0 Å². The van der Waals surface area contributed by atoms with Crippen molar-refractivity contribution in [1.29, 1.82) is 5.26 Å². The van der Waals surface area contributed by atoms with Crippen LogP contribution in [0.2, 0.25) is 0 Å². The van der Waals surface area contributed by atoms with E-state index in [1.807, 2.05) is 13.8 Å². The number of halogens is 2. The maximum absolute atomic E-state index is 13.4. The molecule has 32 heavy (non-hydrogen) atoms. The van der Waals surface area contributed by atoms with Crippen LogP contribution in [0.5, 0.6) is 5.75 Å². The van der Waals surface area contributed by atoms with Gasteiger partial charge in [0.05, 0.1) is 23.1 Å². The number of carbonyl (C=O) groups is 2. The fourth-order valence-electron chi connectivity index (χ4n) is 3.98. The van der Waals surface area contributed by atoms with Gasteiger partial charge in [-0.2, -0.15) is 14.0 Å². The van der Waals surface area contributed by atoms with Gasteiger partial charge in [0.15, 0.2) is 0 Å². The molecule has 1 saturated heterocycles. The van der Waals surface area contributed by atoms with Crippen LogP contribution in [-0.2, 0) is 4.79 Å². The minimum atomic E-state index is -3.04. The first-order valence-electron chi connectivity index (χ1n) is 10.5. The van der Waals surface area contributed by atoms with E-state index in [9.17, 15) is 23.6 Å². The molecule has 1 unspecified atom stereocenters. The van der Waals surface area contributed by atoms with Gasteiger partial charge in [-0.1, -0.05) is 18.2 Å². The summed E-state index contributed by atoms with van der Waals surface area (Å²) >= 11 is 0. The molecule has 0 spiro atoms. The van der Waals surface area contributed by atoms with Crippen LogP contribution in [0.1, 0.15) is 42.6 Å². The topological polar surface area (TPSA) is 73.6 Å². The second-order valence-electron chi connectivity index (χ2n) is 7.93. The van der Waals surface area contributed by atoms with Gasteiger partial charge in [0.25, 0.3) is 5.91 Å². The summed E-state index contributed by atoms with van der Waals surface area (Å²) in [6, 6.07) is 14.7. The molecule has 0 bridgehead atoms. The van der Waals surface area contributed by atoms with Crippen molar-refractivity contribution in [3.63, 3.8) is 0 Å². The highest BCUT2D eigenvalue weighted by Gasteiger charge is 2.34. The summed E-state index contributed by atoms with van der Waals surface area (Å²) in [4.78, 5) is 29.7. The third-order valence-electron chi connectivity index (χ3n) is 5.40. The predicted octanol–water partition coefficient (Wildman–Crippen LogP) is 4.45. The van der Waals surface area contributed by atoms with E-state index in [0.29, 0.717) is 30.6 Å². The van der Waals surface area contributed by atoms with Crippen molar-refractivity contribution in [2.75, 3.05) is 18.0 Å². The quantitative estimate of drug-likeness (QED) is 0.664. The molecule has 8 heteroatoms. The number of amides is 2. The molecule has 1 aliphatic heterocycles. The Morgan fingerprint density at radius 2 is 1.94 bits per heavy atom. The summed E-state index contributed by atoms with van der Waals surface area (Å²) < 4.78 is 30.0. The number of piperidine rings is 1. The van der Waals surface area contributed by atoms with E-state index in [4.69, 9.17) is 0 Å². The Morgan fingerprint density at radius 3 is 2.62 bits per heavy atom. The van der Waals surface area contributed by atoms with Gasteiger partial charge in [-0.15, -0.1) is 0 Å². The molecule has 168 valence electrons. The summed E-state index contributed by atoms with van der Waals surface area (Å²) in [5.74, 6) is -1.20. The number of nitriles is 1. The van der Waals surface area contributed by atoms with E-state index >= 15 is 0 Å². The lowest BCUT2D eigenvalue weighted by atomic mass is 9.94. The third-order valence-corrected chi connectivity index (χ3v) is 5.40. The van der Waals surface area contributed by atoms with E-state index < -0.39 is 18.4 Å². The SMILES string of the molecule is CC(C)N(C(=O)C1CCCN(C(=O)c2ccccc2OC(F)F)C1)c1cccc(C#N)c1. The number of benzene rings is 2. The van der Waals surface area contributed by atoms with Crippen LogP contribution in [-0.4, -0.2) is 42.5 Å². The van der Waals surface area contributed by atoms with Crippen LogP contribution in [0.25, 0.3) is 0 Å². The van der Waals surface area contributed by atoms with Crippen LogP contribution in [0.4, 0.5) is 14.5 Å². The van der Waals surface area contributed by atoms with Crippen molar-refractivity contribution in [2.24, 2.45) is 5.92 Å². The summed E-state index contributed by atoms with van der Waals surface area (Å²) in [6.45, 7) is 1.35. The molecule has 2 amide bonds. The number of nitrogens with zero attached hydrogens (tertiary/aromatic N) is 3. The van der Waals surface area contributed by atoms with Crippen molar-refractivity contribution in [1.82, 2.24) is 4.90 Å². The fourth-order valence-corrected chi connectivity index (χ4v) is 3.98. The van der Waals surface area contributed by atoms with Crippen LogP contribution in [0.15, 0.2) is 48.5 Å². The Morgan fingerprint density at radius 1 is 1.19 bits per heavy atom. The van der Waals surface area contributed by atoms with E-state index in [0.717, 1.165) is 0 Å². The van der Waals surface area contributed by atoms with Crippen molar-refractivity contribution >= 4 is 17.5 Å². The first kappa shape index (κ1) is 23.2. The largest absolute Gasteiger partial charge is 0.434 e. The zero-order chi connectivity index (χ0) is 23.3. The van der Waals surface area contributed by atoms with Gasteiger partial charge in [-0.25, -0.2) is 0 Å². The number of alkyl halides is 2. The minimum Gasteiger partial charge on any atom is -0.434 e. The molecule has 0 radical (unpaired) electrons. The summed E-state index contributed by atoms with van der Waals surface area (Å²) in [5, 5.41) is 9.20. The molecule has 0 N–H and O–H groups in total. The highest BCUT2D eigenvalue weighted by atomic mass is 19.3. The molecule has 1 atom stereocenters. The van der Waals surface area contributed by atoms with Gasteiger partial charge in [0.1, 0.15) is 5.75 Å². The summed E-state index contributed by atoms with van der Waals surface area (Å²) in [7, 11) is 0. The molecule has 1 heterocycles. The van der Waals surface area contributed by atoms with Gasteiger partial charge >= 0.3 is 6.61 Å². The molecule has 6 nitrogen and oxygen atoms in total. The second kappa shape index (κ2) is 10.2. The molecule has 3 rings (SSSR count). The van der Waals surface area contributed by atoms with E-state index in [1.165, 1.54) is 23.1 Å². The van der Waals surface area contributed by atoms with E-state index in [1.54, 1.807) is 35.2 Å². The van der Waals surface area contributed by atoms with Crippen LogP contribution >= 0.6 is 0 Å². The lowest BCUT2D eigenvalue weighted by Crippen LogP contribution is -2.48. The highest BCUT2D eigenvalue weighted by molar-refractivity contribution is 5.99. The lowest BCUT2D eigenvalue weighted by Gasteiger charge is -2.36. The molecule has 1 fully saturated rings. The Hall–Kier alpha value is -3.47. The number of likely N-dealkylation sites (tertiary alicyclic amines) is 1. The van der Waals surface area contributed by atoms with Gasteiger partial charge in [-0.3, -0.25) is 9.59 Å². The van der Waals surface area contributed by atoms with E-state index in [-0.39, 0.29) is 29.8 Å². The standard InChI is InChI=1S/C24H25F2N3O3/c1-16(2)29(19-9-5-7-17(13-19)14-27)22(30)18-8-6-12-28(15-18)23(31)20-10-3-4-11-21(20)32-24(25)26/h3-5,7,9-11,13,16,18,24H,6,8,12,15H2,1-2H3. The maximum atomic E-state index is 13.4. The zero-order valence-corrected chi connectivity index (χ0v) is 18.0. The molecule has 1 aliphatic rings. The number of para-hydroxylation sites is 1. The zero-order valence-electron chi connectivity index (χ0n) is 18.0. The number of anilines is 1. The van der Waals surface area contributed by atoms with Crippen molar-refractivity contribution in [3.8, 4) is 11.8 Å². The van der Waals surface area contributed by atoms with Crippen LogP contribution in [0.3, 0.4) is 0 Å². The molecule has 0 aliphatic carbocycles. The maximum Gasteiger partial charge on any atom is 0.387 e. The predicted molar refractivity (Wildman–Crippen MR) is 115 cm³/mol. The van der Waals surface area contributed by atoms with Crippen molar-refractivity contribution in [3.05, 3.63) is 59.7 Å². The smallest absolute Gasteiger partial charge is 0.387 e. The first-order chi connectivity index (χ1) is 15.3. The molecule has 2 aromatic rings.